The van der Waals surface area contributed by atoms with E-state index in [1.54, 1.807) is 0 Å². The summed E-state index contributed by atoms with van der Waals surface area (Å²) in [5.41, 5.74) is 2.20. The van der Waals surface area contributed by atoms with Gasteiger partial charge in [0.2, 0.25) is 0 Å². The molecule has 1 aromatic carbocycles. The first-order valence-corrected chi connectivity index (χ1v) is 5.90. The Morgan fingerprint density at radius 3 is 2.81 bits per heavy atom. The van der Waals surface area contributed by atoms with E-state index in [4.69, 9.17) is 11.6 Å². The third-order valence-corrected chi connectivity index (χ3v) is 3.34. The second-order valence-corrected chi connectivity index (χ2v) is 4.27. The molecular formula is C13H15ClN2. The lowest BCUT2D eigenvalue weighted by molar-refractivity contribution is 0.763. The molecule has 3 heteroatoms. The summed E-state index contributed by atoms with van der Waals surface area (Å²) in [6.45, 7) is 2.11. The number of rotatable bonds is 3. The molecule has 2 aromatic rings. The third kappa shape index (κ3) is 1.98. The van der Waals surface area contributed by atoms with E-state index in [-0.39, 0.29) is 0 Å². The first-order chi connectivity index (χ1) is 7.74. The molecule has 0 aliphatic rings. The van der Waals surface area contributed by atoms with Gasteiger partial charge in [-0.2, -0.15) is 0 Å². The maximum absolute atomic E-state index is 5.89. The van der Waals surface area contributed by atoms with Crippen LogP contribution in [0, 0.1) is 0 Å². The van der Waals surface area contributed by atoms with E-state index in [1.165, 1.54) is 11.1 Å². The van der Waals surface area contributed by atoms with Gasteiger partial charge in [-0.25, -0.2) is 0 Å². The Morgan fingerprint density at radius 2 is 2.06 bits per heavy atom. The Labute approximate surface area is 101 Å². The van der Waals surface area contributed by atoms with Crippen LogP contribution in [0.4, 0.5) is 5.69 Å². The molecule has 0 bridgehead atoms. The van der Waals surface area contributed by atoms with E-state index in [0.29, 0.717) is 11.9 Å². The lowest BCUT2D eigenvalue weighted by Crippen LogP contribution is -2.30. The number of hydrogen-bond donors (Lipinski definition) is 0. The monoisotopic (exact) mass is 234 g/mol. The van der Waals surface area contributed by atoms with Crippen LogP contribution in [0.3, 0.4) is 0 Å². The zero-order chi connectivity index (χ0) is 11.5. The number of pyridine rings is 1. The number of alkyl halides is 1. The number of fused-ring (bicyclic) bond motifs is 1. The standard InChI is InChI=1S/C13H15ClN2/c1-10(9-14)16(2)13-7-8-15-12-6-4-3-5-11(12)13/h3-8,10H,9H2,1-2H3. The van der Waals surface area contributed by atoms with Crippen molar-refractivity contribution < 1.29 is 0 Å². The van der Waals surface area contributed by atoms with Gasteiger partial charge in [0.05, 0.1) is 5.52 Å². The van der Waals surface area contributed by atoms with Crippen molar-refractivity contribution in [1.82, 2.24) is 4.98 Å². The second-order valence-electron chi connectivity index (χ2n) is 3.96. The Morgan fingerprint density at radius 1 is 1.31 bits per heavy atom. The summed E-state index contributed by atoms with van der Waals surface area (Å²) < 4.78 is 0. The Balaban J connectivity index is 2.52. The fourth-order valence-corrected chi connectivity index (χ4v) is 1.94. The van der Waals surface area contributed by atoms with Crippen molar-refractivity contribution in [2.45, 2.75) is 13.0 Å². The van der Waals surface area contributed by atoms with Gasteiger partial charge in [0.25, 0.3) is 0 Å². The molecule has 0 N–H and O–H groups in total. The quantitative estimate of drug-likeness (QED) is 0.758. The summed E-state index contributed by atoms with van der Waals surface area (Å²) >= 11 is 5.89. The molecular weight excluding hydrogens is 220 g/mol. The highest BCUT2D eigenvalue weighted by molar-refractivity contribution is 6.18. The molecule has 0 saturated carbocycles. The third-order valence-electron chi connectivity index (χ3n) is 2.89. The van der Waals surface area contributed by atoms with E-state index >= 15 is 0 Å². The van der Waals surface area contributed by atoms with E-state index < -0.39 is 0 Å². The van der Waals surface area contributed by atoms with Gasteiger partial charge in [-0.05, 0) is 19.1 Å². The molecule has 0 saturated heterocycles. The van der Waals surface area contributed by atoms with Crippen molar-refractivity contribution in [2.75, 3.05) is 17.8 Å². The minimum absolute atomic E-state index is 0.312. The van der Waals surface area contributed by atoms with Gasteiger partial charge in [-0.1, -0.05) is 18.2 Å². The Hall–Kier alpha value is -1.28. The first kappa shape index (κ1) is 11.2. The molecule has 0 spiro atoms. The van der Waals surface area contributed by atoms with Crippen LogP contribution in [0.1, 0.15) is 6.92 Å². The average molecular weight is 235 g/mol. The topological polar surface area (TPSA) is 16.1 Å². The number of para-hydroxylation sites is 1. The highest BCUT2D eigenvalue weighted by atomic mass is 35.5. The van der Waals surface area contributed by atoms with Gasteiger partial charge < -0.3 is 4.90 Å². The molecule has 2 rings (SSSR count). The first-order valence-electron chi connectivity index (χ1n) is 5.36. The molecule has 84 valence electrons. The highest BCUT2D eigenvalue weighted by Crippen LogP contribution is 2.25. The lowest BCUT2D eigenvalue weighted by Gasteiger charge is -2.26. The van der Waals surface area contributed by atoms with Gasteiger partial charge >= 0.3 is 0 Å². The number of anilines is 1. The number of halogens is 1. The summed E-state index contributed by atoms with van der Waals surface area (Å²) in [5, 5.41) is 1.17. The van der Waals surface area contributed by atoms with Crippen molar-refractivity contribution >= 4 is 28.2 Å². The van der Waals surface area contributed by atoms with E-state index in [0.717, 1.165) is 5.52 Å². The molecule has 1 atom stereocenters. The predicted molar refractivity (Wildman–Crippen MR) is 70.3 cm³/mol. The van der Waals surface area contributed by atoms with Crippen LogP contribution in [-0.4, -0.2) is 24.0 Å². The molecule has 0 aliphatic carbocycles. The van der Waals surface area contributed by atoms with E-state index in [9.17, 15) is 0 Å². The summed E-state index contributed by atoms with van der Waals surface area (Å²) in [6.07, 6.45) is 1.84. The van der Waals surface area contributed by atoms with Gasteiger partial charge in [0.1, 0.15) is 0 Å². The molecule has 16 heavy (non-hydrogen) atoms. The zero-order valence-corrected chi connectivity index (χ0v) is 10.3. The number of aromatic nitrogens is 1. The van der Waals surface area contributed by atoms with Crippen LogP contribution in [0.2, 0.25) is 0 Å². The van der Waals surface area contributed by atoms with Gasteiger partial charge in [0.15, 0.2) is 0 Å². The van der Waals surface area contributed by atoms with E-state index in [2.05, 4.69) is 29.9 Å². The van der Waals surface area contributed by atoms with Crippen LogP contribution >= 0.6 is 11.6 Å². The zero-order valence-electron chi connectivity index (χ0n) is 9.52. The van der Waals surface area contributed by atoms with Gasteiger partial charge in [0, 0.05) is 36.2 Å². The smallest absolute Gasteiger partial charge is 0.0722 e. The molecule has 2 nitrogen and oxygen atoms in total. The van der Waals surface area contributed by atoms with Crippen molar-refractivity contribution in [3.63, 3.8) is 0 Å². The van der Waals surface area contributed by atoms with Crippen molar-refractivity contribution in [3.8, 4) is 0 Å². The maximum Gasteiger partial charge on any atom is 0.0722 e. The van der Waals surface area contributed by atoms with Crippen LogP contribution in [0.5, 0.6) is 0 Å². The number of nitrogens with zero attached hydrogens (tertiary/aromatic N) is 2. The molecule has 0 fully saturated rings. The lowest BCUT2D eigenvalue weighted by atomic mass is 10.1. The summed E-state index contributed by atoms with van der Waals surface area (Å²) in [7, 11) is 2.06. The highest BCUT2D eigenvalue weighted by Gasteiger charge is 2.11. The van der Waals surface area contributed by atoms with Crippen LogP contribution in [0.15, 0.2) is 36.5 Å². The summed E-state index contributed by atoms with van der Waals surface area (Å²) in [5.74, 6) is 0.618. The normalized spacial score (nSPS) is 12.7. The van der Waals surface area contributed by atoms with Crippen molar-refractivity contribution in [1.29, 1.82) is 0 Å². The fourth-order valence-electron chi connectivity index (χ4n) is 1.73. The molecule has 0 aliphatic heterocycles. The molecule has 1 aromatic heterocycles. The van der Waals surface area contributed by atoms with Crippen LogP contribution < -0.4 is 4.90 Å². The van der Waals surface area contributed by atoms with Crippen molar-refractivity contribution in [2.24, 2.45) is 0 Å². The summed E-state index contributed by atoms with van der Waals surface area (Å²) in [4.78, 5) is 6.54. The minimum Gasteiger partial charge on any atom is -0.370 e. The van der Waals surface area contributed by atoms with Crippen LogP contribution in [0.25, 0.3) is 10.9 Å². The number of benzene rings is 1. The molecule has 0 radical (unpaired) electrons. The molecule has 0 amide bonds. The van der Waals surface area contributed by atoms with E-state index in [1.807, 2.05) is 30.5 Å². The number of hydrogen-bond acceptors (Lipinski definition) is 2. The SMILES string of the molecule is CC(CCl)N(C)c1ccnc2ccccc12. The maximum atomic E-state index is 5.89. The molecule has 1 unspecified atom stereocenters. The summed E-state index contributed by atoms with van der Waals surface area (Å²) in [6, 6.07) is 10.5. The predicted octanol–water partition coefficient (Wildman–Crippen LogP) is 3.30. The van der Waals surface area contributed by atoms with Gasteiger partial charge in [-0.15, -0.1) is 11.6 Å². The van der Waals surface area contributed by atoms with Crippen LogP contribution in [-0.2, 0) is 0 Å². The Bertz CT molecular complexity index is 479. The largest absolute Gasteiger partial charge is 0.370 e. The fraction of sp³-hybridized carbons (Fsp3) is 0.308. The minimum atomic E-state index is 0.312. The Kier molecular flexibility index (Phi) is 3.30. The van der Waals surface area contributed by atoms with Crippen molar-refractivity contribution in [3.05, 3.63) is 36.5 Å². The molecule has 1 heterocycles. The average Bonchev–Trinajstić information content (AvgIpc) is 2.36. The second kappa shape index (κ2) is 4.71. The van der Waals surface area contributed by atoms with Gasteiger partial charge in [-0.3, -0.25) is 4.98 Å².